The predicted octanol–water partition coefficient (Wildman–Crippen LogP) is 1.47. The molecule has 4 N–H and O–H groups in total. The molecule has 0 aliphatic heterocycles. The van der Waals surface area contributed by atoms with Crippen molar-refractivity contribution in [2.45, 2.75) is 50.4 Å². The van der Waals surface area contributed by atoms with E-state index < -0.39 is 76.4 Å². The Morgan fingerprint density at radius 1 is 1.18 bits per heavy atom. The zero-order chi connectivity index (χ0) is 29.7. The summed E-state index contributed by atoms with van der Waals surface area (Å²) in [5.41, 5.74) is 3.02. The van der Waals surface area contributed by atoms with Crippen molar-refractivity contribution in [2.24, 2.45) is 29.4 Å². The number of primary amides is 1. The van der Waals surface area contributed by atoms with E-state index in [1.54, 1.807) is 30.8 Å². The van der Waals surface area contributed by atoms with Crippen LogP contribution >= 0.6 is 11.8 Å². The zero-order valence-electron chi connectivity index (χ0n) is 23.1. The van der Waals surface area contributed by atoms with Crippen LogP contribution in [0, 0.1) is 23.7 Å². The summed E-state index contributed by atoms with van der Waals surface area (Å²) in [5, 5.41) is 22.8. The number of ether oxygens (including phenoxy) is 1. The predicted molar refractivity (Wildman–Crippen MR) is 148 cm³/mol. The number of fused-ring (bicyclic) bond motifs is 3. The highest BCUT2D eigenvalue weighted by atomic mass is 32.2. The molecular formula is C29H36N2O8S. The number of ketones is 4. The molecule has 0 radical (unpaired) electrons. The number of phenols is 1. The molecule has 0 saturated heterocycles. The van der Waals surface area contributed by atoms with Crippen molar-refractivity contribution in [1.29, 1.82) is 0 Å². The Kier molecular flexibility index (Phi) is 8.31. The van der Waals surface area contributed by atoms with Crippen LogP contribution in [0.2, 0.25) is 0 Å². The van der Waals surface area contributed by atoms with Crippen LogP contribution in [0.15, 0.2) is 30.5 Å². The molecule has 1 amide bonds. The first kappa shape index (κ1) is 30.0. The minimum atomic E-state index is -2.92. The summed E-state index contributed by atoms with van der Waals surface area (Å²) in [5.74, 6) is -10.6. The Labute approximate surface area is 237 Å². The lowest BCUT2D eigenvalue weighted by Gasteiger charge is -2.57. The first-order chi connectivity index (χ1) is 18.8. The van der Waals surface area contributed by atoms with Crippen molar-refractivity contribution in [2.75, 3.05) is 25.6 Å². The molecule has 11 heteroatoms. The lowest BCUT2D eigenvalue weighted by molar-refractivity contribution is -0.198. The van der Waals surface area contributed by atoms with Gasteiger partial charge in [-0.25, -0.2) is 0 Å². The van der Waals surface area contributed by atoms with E-state index in [0.29, 0.717) is 17.7 Å². The van der Waals surface area contributed by atoms with Crippen LogP contribution in [0.3, 0.4) is 0 Å². The van der Waals surface area contributed by atoms with Gasteiger partial charge in [-0.3, -0.25) is 28.9 Å². The number of benzene rings is 1. The van der Waals surface area contributed by atoms with Crippen molar-refractivity contribution < 1.29 is 38.9 Å². The standard InChI is InChI=1S/C29H36N2O8S/c1-6-11-40-12-15-14-9-8-10-16(32)17(14)23(33)19-18(15)25(39-13(3)7-2)21-22(31(4)5)24(34)20(28(30)37)27(36)29(21,38)26(19)35/h8-10,15,18-22,25,32,38H,3,6-7,11-12H2,1-2,4-5H3,(H2,30,37)/t15-,18+,19?,20?,21+,22-,25-,29-/m0/s1. The number of aliphatic hydroxyl groups is 1. The van der Waals surface area contributed by atoms with Crippen molar-refractivity contribution >= 4 is 40.8 Å². The Hall–Kier alpha value is -3.02. The summed E-state index contributed by atoms with van der Waals surface area (Å²) in [6.07, 6.45) is 0.0538. The molecular weight excluding hydrogens is 536 g/mol. The molecule has 0 heterocycles. The molecule has 10 nitrogen and oxygen atoms in total. The van der Waals surface area contributed by atoms with Gasteiger partial charge in [-0.15, -0.1) is 0 Å². The van der Waals surface area contributed by atoms with Gasteiger partial charge < -0.3 is 20.7 Å². The summed E-state index contributed by atoms with van der Waals surface area (Å²) in [4.78, 5) is 69.5. The summed E-state index contributed by atoms with van der Waals surface area (Å²) < 4.78 is 6.32. The number of allylic oxidation sites excluding steroid dienone is 1. The van der Waals surface area contributed by atoms with Crippen LogP contribution < -0.4 is 5.73 Å². The average Bonchev–Trinajstić information content (AvgIpc) is 2.89. The first-order valence-corrected chi connectivity index (χ1v) is 14.6. The molecule has 8 atom stereocenters. The summed E-state index contributed by atoms with van der Waals surface area (Å²) >= 11 is 1.60. The van der Waals surface area contributed by atoms with E-state index in [9.17, 15) is 34.2 Å². The minimum Gasteiger partial charge on any atom is -0.507 e. The van der Waals surface area contributed by atoms with Gasteiger partial charge in [-0.05, 0) is 37.9 Å². The summed E-state index contributed by atoms with van der Waals surface area (Å²) in [6, 6.07) is 3.39. The van der Waals surface area contributed by atoms with Crippen molar-refractivity contribution in [3.63, 3.8) is 0 Å². The lowest BCUT2D eigenvalue weighted by atomic mass is 9.49. The van der Waals surface area contributed by atoms with Gasteiger partial charge in [0.15, 0.2) is 34.7 Å². The molecule has 2 saturated carbocycles. The number of hydrogen-bond acceptors (Lipinski definition) is 10. The van der Waals surface area contributed by atoms with Gasteiger partial charge in [0.1, 0.15) is 11.9 Å². The van der Waals surface area contributed by atoms with Gasteiger partial charge in [0, 0.05) is 24.0 Å². The third-order valence-corrected chi connectivity index (χ3v) is 9.76. The number of phenolic OH excluding ortho intramolecular Hbond substituents is 1. The van der Waals surface area contributed by atoms with E-state index >= 15 is 0 Å². The maximum atomic E-state index is 14.3. The number of Topliss-reactive ketones (excluding diaryl/α,β-unsaturated/α-hetero) is 4. The number of thioether (sulfide) groups is 1. The van der Waals surface area contributed by atoms with E-state index in [-0.39, 0.29) is 17.1 Å². The quantitative estimate of drug-likeness (QED) is 0.224. The topological polar surface area (TPSA) is 164 Å². The number of amides is 1. The fraction of sp³-hybridized carbons (Fsp3) is 0.552. The van der Waals surface area contributed by atoms with Crippen molar-refractivity contribution in [3.05, 3.63) is 41.7 Å². The molecule has 4 rings (SSSR count). The third-order valence-electron chi connectivity index (χ3n) is 8.46. The van der Waals surface area contributed by atoms with Crippen LogP contribution in [0.1, 0.15) is 48.5 Å². The number of carbonyl (C=O) groups excluding carboxylic acids is 5. The highest BCUT2D eigenvalue weighted by Gasteiger charge is 2.74. The Morgan fingerprint density at radius 3 is 2.42 bits per heavy atom. The Bertz CT molecular complexity index is 1280. The van der Waals surface area contributed by atoms with Crippen LogP contribution in [-0.4, -0.2) is 87.5 Å². The molecule has 0 aromatic heterocycles. The SMILES string of the molecule is C=C(CC)O[C@H]1[C@H]2C(C(=O)c3c(O)cccc3[C@@H]2CSCCC)C(=O)[C@]2(O)C(=O)C(C(N)=O)C(=O)[C@@H](N(C)C)[C@H]12. The molecule has 1 aromatic rings. The second-order valence-corrected chi connectivity index (χ2v) is 12.1. The average molecular weight is 573 g/mol. The van der Waals surface area contributed by atoms with Gasteiger partial charge in [0.25, 0.3) is 0 Å². The van der Waals surface area contributed by atoms with E-state index in [1.165, 1.54) is 25.1 Å². The van der Waals surface area contributed by atoms with E-state index in [2.05, 4.69) is 6.58 Å². The van der Waals surface area contributed by atoms with E-state index in [0.717, 1.165) is 12.2 Å². The fourth-order valence-corrected chi connectivity index (χ4v) is 7.83. The summed E-state index contributed by atoms with van der Waals surface area (Å²) in [7, 11) is 3.07. The van der Waals surface area contributed by atoms with Gasteiger partial charge in [0.05, 0.1) is 29.2 Å². The molecule has 1 aromatic carbocycles. The number of rotatable bonds is 9. The van der Waals surface area contributed by atoms with Crippen LogP contribution in [0.25, 0.3) is 0 Å². The van der Waals surface area contributed by atoms with Gasteiger partial charge in [0.2, 0.25) is 5.91 Å². The van der Waals surface area contributed by atoms with Crippen LogP contribution in [0.5, 0.6) is 5.75 Å². The molecule has 0 spiro atoms. The third kappa shape index (κ3) is 4.38. The van der Waals surface area contributed by atoms with E-state index in [1.807, 2.05) is 6.92 Å². The number of nitrogens with zero attached hydrogens (tertiary/aromatic N) is 1. The summed E-state index contributed by atoms with van der Waals surface area (Å²) in [6.45, 7) is 7.75. The number of likely N-dealkylation sites (N-methyl/N-ethyl adjacent to an activating group) is 1. The van der Waals surface area contributed by atoms with Crippen molar-refractivity contribution in [1.82, 2.24) is 4.90 Å². The van der Waals surface area contributed by atoms with Gasteiger partial charge in [-0.1, -0.05) is 32.6 Å². The minimum absolute atomic E-state index is 0.0377. The highest BCUT2D eigenvalue weighted by Crippen LogP contribution is 2.56. The van der Waals surface area contributed by atoms with Crippen LogP contribution in [-0.2, 0) is 23.9 Å². The Morgan fingerprint density at radius 2 is 1.85 bits per heavy atom. The molecule has 40 heavy (non-hydrogen) atoms. The van der Waals surface area contributed by atoms with E-state index in [4.69, 9.17) is 10.5 Å². The lowest BCUT2D eigenvalue weighted by Crippen LogP contribution is -2.78. The number of nitrogens with two attached hydrogens (primary N) is 1. The monoisotopic (exact) mass is 572 g/mol. The zero-order valence-corrected chi connectivity index (χ0v) is 23.9. The first-order valence-electron chi connectivity index (χ1n) is 13.4. The van der Waals surface area contributed by atoms with Gasteiger partial charge in [-0.2, -0.15) is 11.8 Å². The molecule has 3 aliphatic rings. The molecule has 2 fully saturated rings. The van der Waals surface area contributed by atoms with Crippen molar-refractivity contribution in [3.8, 4) is 5.75 Å². The smallest absolute Gasteiger partial charge is 0.235 e. The second kappa shape index (κ2) is 11.1. The maximum absolute atomic E-state index is 14.3. The number of carbonyl (C=O) groups is 5. The second-order valence-electron chi connectivity index (χ2n) is 11.0. The number of aromatic hydroxyl groups is 1. The highest BCUT2D eigenvalue weighted by molar-refractivity contribution is 7.99. The largest absolute Gasteiger partial charge is 0.507 e. The fourth-order valence-electron chi connectivity index (χ4n) is 6.71. The number of hydrogen-bond donors (Lipinski definition) is 3. The maximum Gasteiger partial charge on any atom is 0.235 e. The molecule has 0 bridgehead atoms. The molecule has 3 aliphatic carbocycles. The van der Waals surface area contributed by atoms with Crippen LogP contribution in [0.4, 0.5) is 0 Å². The molecule has 2 unspecified atom stereocenters. The van der Waals surface area contributed by atoms with Gasteiger partial charge >= 0.3 is 0 Å². The normalized spacial score (nSPS) is 33.3. The Balaban J connectivity index is 2.03. The molecule has 216 valence electrons.